The molecular weight excluding hydrogens is 369 g/mol. The zero-order valence-electron chi connectivity index (χ0n) is 15.8. The molecule has 0 amide bonds. The first-order chi connectivity index (χ1) is 13.3. The lowest BCUT2D eigenvalue weighted by molar-refractivity contribution is -0.137. The molecule has 0 spiro atoms. The minimum absolute atomic E-state index is 0.104. The van der Waals surface area contributed by atoms with Crippen LogP contribution in [0.25, 0.3) is 0 Å². The van der Waals surface area contributed by atoms with E-state index in [1.807, 2.05) is 13.8 Å². The summed E-state index contributed by atoms with van der Waals surface area (Å²) in [6, 6.07) is 3.77. The van der Waals surface area contributed by atoms with Crippen LogP contribution in [0, 0.1) is 13.8 Å². The lowest BCUT2D eigenvalue weighted by atomic mass is 10.2. The van der Waals surface area contributed by atoms with E-state index in [1.54, 1.807) is 6.33 Å². The van der Waals surface area contributed by atoms with Crippen LogP contribution in [0.1, 0.15) is 16.8 Å². The summed E-state index contributed by atoms with van der Waals surface area (Å²) in [7, 11) is 0. The van der Waals surface area contributed by atoms with Crippen molar-refractivity contribution in [3.8, 4) is 0 Å². The first kappa shape index (κ1) is 18.8. The summed E-state index contributed by atoms with van der Waals surface area (Å²) in [5.41, 5.74) is 2.67. The van der Waals surface area contributed by atoms with Crippen LogP contribution >= 0.6 is 0 Å². The number of alkyl halides is 3. The van der Waals surface area contributed by atoms with Gasteiger partial charge in [-0.15, -0.1) is 0 Å². The highest BCUT2D eigenvalue weighted by Crippen LogP contribution is 2.36. The van der Waals surface area contributed by atoms with Crippen molar-refractivity contribution in [2.45, 2.75) is 26.2 Å². The molecule has 0 radical (unpaired) electrons. The Bertz CT molecular complexity index is 861. The van der Waals surface area contributed by atoms with E-state index in [4.69, 9.17) is 0 Å². The van der Waals surface area contributed by atoms with Crippen LogP contribution in [0.15, 0.2) is 24.5 Å². The fourth-order valence-corrected chi connectivity index (χ4v) is 3.71. The topological polar surface area (TPSA) is 56.3 Å². The van der Waals surface area contributed by atoms with E-state index in [0.29, 0.717) is 17.9 Å². The quantitative estimate of drug-likeness (QED) is 0.837. The number of rotatable bonds is 3. The highest BCUT2D eigenvalue weighted by atomic mass is 19.4. The maximum atomic E-state index is 12.9. The summed E-state index contributed by atoms with van der Waals surface area (Å²) >= 11 is 0. The Labute approximate surface area is 161 Å². The Hall–Kier alpha value is -2.55. The molecule has 1 aromatic carbocycles. The van der Waals surface area contributed by atoms with E-state index >= 15 is 0 Å². The molecule has 1 atom stereocenters. The zero-order valence-corrected chi connectivity index (χ0v) is 15.8. The van der Waals surface area contributed by atoms with Crippen molar-refractivity contribution >= 4 is 17.2 Å². The minimum Gasteiger partial charge on any atom is -0.363 e. The molecule has 0 saturated carbocycles. The molecule has 1 fully saturated rings. The number of piperazine rings is 1. The smallest absolute Gasteiger partial charge is 0.363 e. The molecule has 28 heavy (non-hydrogen) atoms. The van der Waals surface area contributed by atoms with Gasteiger partial charge >= 0.3 is 6.18 Å². The second-order valence-electron chi connectivity index (χ2n) is 7.29. The number of anilines is 3. The molecule has 0 aliphatic carbocycles. The Morgan fingerprint density at radius 1 is 1.04 bits per heavy atom. The average molecular weight is 392 g/mol. The molecule has 3 heterocycles. The lowest BCUT2D eigenvalue weighted by Gasteiger charge is -2.37. The number of aromatic nitrogens is 2. The van der Waals surface area contributed by atoms with Crippen molar-refractivity contribution < 1.29 is 13.2 Å². The maximum absolute atomic E-state index is 12.9. The van der Waals surface area contributed by atoms with Gasteiger partial charge in [-0.3, -0.25) is 4.90 Å². The van der Waals surface area contributed by atoms with Crippen LogP contribution in [0.3, 0.4) is 0 Å². The number of fused-ring (bicyclic) bond motifs is 1. The zero-order chi connectivity index (χ0) is 19.9. The van der Waals surface area contributed by atoms with Crippen LogP contribution < -0.4 is 15.5 Å². The van der Waals surface area contributed by atoms with Gasteiger partial charge in [0.05, 0.1) is 16.9 Å². The summed E-state index contributed by atoms with van der Waals surface area (Å²) in [5.74, 6) is 0.983. The van der Waals surface area contributed by atoms with Crippen molar-refractivity contribution in [1.82, 2.24) is 14.9 Å². The van der Waals surface area contributed by atoms with Crippen molar-refractivity contribution in [3.05, 3.63) is 41.3 Å². The van der Waals surface area contributed by atoms with Crippen LogP contribution in [-0.4, -0.2) is 53.8 Å². The molecule has 1 aromatic heterocycles. The van der Waals surface area contributed by atoms with E-state index in [1.165, 1.54) is 12.1 Å². The molecule has 9 heteroatoms. The molecule has 4 rings (SSSR count). The van der Waals surface area contributed by atoms with Crippen LogP contribution in [0.4, 0.5) is 30.4 Å². The van der Waals surface area contributed by atoms with Crippen molar-refractivity contribution in [1.29, 1.82) is 0 Å². The lowest BCUT2D eigenvalue weighted by Crippen LogP contribution is -2.50. The molecule has 2 aliphatic rings. The van der Waals surface area contributed by atoms with Gasteiger partial charge in [0.15, 0.2) is 0 Å². The molecular formula is C19H23F3N6. The van der Waals surface area contributed by atoms with Gasteiger partial charge in [-0.2, -0.15) is 13.2 Å². The van der Waals surface area contributed by atoms with Crippen molar-refractivity contribution in [3.63, 3.8) is 0 Å². The van der Waals surface area contributed by atoms with Gasteiger partial charge in [0, 0.05) is 44.0 Å². The molecule has 6 nitrogen and oxygen atoms in total. The average Bonchev–Trinajstić information content (AvgIpc) is 3.05. The highest BCUT2D eigenvalue weighted by molar-refractivity contribution is 5.75. The molecule has 1 unspecified atom stereocenters. The van der Waals surface area contributed by atoms with E-state index in [0.717, 1.165) is 49.3 Å². The molecule has 0 bridgehead atoms. The summed E-state index contributed by atoms with van der Waals surface area (Å²) < 4.78 is 38.7. The molecule has 150 valence electrons. The largest absolute Gasteiger partial charge is 0.416 e. The predicted molar refractivity (Wildman–Crippen MR) is 103 cm³/mol. The Morgan fingerprint density at radius 3 is 2.46 bits per heavy atom. The molecule has 2 aliphatic heterocycles. The van der Waals surface area contributed by atoms with E-state index in [-0.39, 0.29) is 6.17 Å². The maximum Gasteiger partial charge on any atom is 0.416 e. The van der Waals surface area contributed by atoms with Gasteiger partial charge in [0.25, 0.3) is 0 Å². The summed E-state index contributed by atoms with van der Waals surface area (Å²) in [6.07, 6.45) is -2.83. The number of benzene rings is 1. The summed E-state index contributed by atoms with van der Waals surface area (Å²) in [4.78, 5) is 13.2. The van der Waals surface area contributed by atoms with Crippen molar-refractivity contribution in [2.24, 2.45) is 0 Å². The third-order valence-electron chi connectivity index (χ3n) is 5.43. The first-order valence-corrected chi connectivity index (χ1v) is 9.31. The van der Waals surface area contributed by atoms with E-state index < -0.39 is 11.7 Å². The summed E-state index contributed by atoms with van der Waals surface area (Å²) in [6.45, 7) is 8.18. The minimum atomic E-state index is -4.33. The van der Waals surface area contributed by atoms with Gasteiger partial charge in [0.2, 0.25) is 0 Å². The van der Waals surface area contributed by atoms with E-state index in [2.05, 4.69) is 30.4 Å². The molecule has 2 aromatic rings. The van der Waals surface area contributed by atoms with Gasteiger partial charge in [-0.25, -0.2) is 9.97 Å². The number of halogens is 3. The third kappa shape index (κ3) is 3.71. The monoisotopic (exact) mass is 392 g/mol. The number of aryl methyl sites for hydroxylation is 1. The number of hydrogen-bond acceptors (Lipinski definition) is 6. The molecule has 2 N–H and O–H groups in total. The van der Waals surface area contributed by atoms with Gasteiger partial charge in [0.1, 0.15) is 18.3 Å². The number of hydrogen-bond donors (Lipinski definition) is 2. The molecule has 1 saturated heterocycles. The number of nitrogens with one attached hydrogen (secondary N) is 2. The van der Waals surface area contributed by atoms with E-state index in [9.17, 15) is 13.2 Å². The Balaban J connectivity index is 1.34. The fraction of sp³-hybridized carbons (Fsp3) is 0.474. The Morgan fingerprint density at radius 2 is 1.75 bits per heavy atom. The normalized spacial score (nSPS) is 19.9. The second-order valence-corrected chi connectivity index (χ2v) is 7.29. The highest BCUT2D eigenvalue weighted by Gasteiger charge is 2.33. The predicted octanol–water partition coefficient (Wildman–Crippen LogP) is 3.10. The number of nitrogens with zero attached hydrogens (tertiary/aromatic N) is 4. The first-order valence-electron chi connectivity index (χ1n) is 9.31. The fourth-order valence-electron chi connectivity index (χ4n) is 3.71. The van der Waals surface area contributed by atoms with Crippen LogP contribution in [-0.2, 0) is 6.18 Å². The summed E-state index contributed by atoms with van der Waals surface area (Å²) in [5, 5.41) is 6.43. The standard InChI is InChI=1S/C19H23F3N6/c1-12-13(2)23-11-24-18(12)28-7-5-27(6-8-28)10-17-25-15-4-3-14(19(20,21)22)9-16(15)26-17/h3-4,9,11,17,25-26H,5-8,10H2,1-2H3. The second kappa shape index (κ2) is 7.12. The van der Waals surface area contributed by atoms with Gasteiger partial charge < -0.3 is 15.5 Å². The van der Waals surface area contributed by atoms with Gasteiger partial charge in [-0.05, 0) is 32.0 Å². The SMILES string of the molecule is Cc1ncnc(N2CCN(CC3Nc4ccc(C(F)(F)F)cc4N3)CC2)c1C. The van der Waals surface area contributed by atoms with Gasteiger partial charge in [-0.1, -0.05) is 0 Å². The third-order valence-corrected chi connectivity index (χ3v) is 5.43. The van der Waals surface area contributed by atoms with Crippen LogP contribution in [0.2, 0.25) is 0 Å². The van der Waals surface area contributed by atoms with Crippen molar-refractivity contribution in [2.75, 3.05) is 48.3 Å². The Kier molecular flexibility index (Phi) is 4.78. The van der Waals surface area contributed by atoms with Crippen LogP contribution in [0.5, 0.6) is 0 Å².